The third-order valence-electron chi connectivity index (χ3n) is 3.63. The molecule has 3 nitrogen and oxygen atoms in total. The smallest absolute Gasteiger partial charge is 0.128 e. The van der Waals surface area contributed by atoms with E-state index in [-0.39, 0.29) is 0 Å². The van der Waals surface area contributed by atoms with E-state index in [1.807, 2.05) is 12.1 Å². The Labute approximate surface area is 119 Å². The maximum absolute atomic E-state index is 6.03. The molecule has 2 rings (SSSR count). The van der Waals surface area contributed by atoms with Gasteiger partial charge in [-0.15, -0.1) is 11.6 Å². The van der Waals surface area contributed by atoms with Crippen LogP contribution in [-0.4, -0.2) is 43.1 Å². The molecule has 1 aromatic heterocycles. The molecular formula is C13H19Cl2N3. The van der Waals surface area contributed by atoms with Crippen LogP contribution in [0.2, 0.25) is 5.02 Å². The number of nitrogens with zero attached hydrogens (tertiary/aromatic N) is 3. The van der Waals surface area contributed by atoms with Crippen LogP contribution < -0.4 is 4.90 Å². The van der Waals surface area contributed by atoms with E-state index in [9.17, 15) is 0 Å². The van der Waals surface area contributed by atoms with Gasteiger partial charge in [-0.3, -0.25) is 0 Å². The van der Waals surface area contributed by atoms with E-state index in [0.29, 0.717) is 16.9 Å². The van der Waals surface area contributed by atoms with Crippen molar-refractivity contribution in [1.82, 2.24) is 9.88 Å². The second-order valence-corrected chi connectivity index (χ2v) is 5.55. The number of piperidine rings is 1. The zero-order valence-corrected chi connectivity index (χ0v) is 12.4. The molecule has 0 aromatic carbocycles. The Balaban J connectivity index is 2.10. The minimum Gasteiger partial charge on any atom is -0.357 e. The maximum atomic E-state index is 6.03. The van der Waals surface area contributed by atoms with Crippen LogP contribution in [0.1, 0.15) is 18.5 Å². The fourth-order valence-electron chi connectivity index (χ4n) is 2.33. The molecule has 0 saturated carbocycles. The average molecular weight is 288 g/mol. The van der Waals surface area contributed by atoms with E-state index < -0.39 is 0 Å². The predicted molar refractivity (Wildman–Crippen MR) is 77.7 cm³/mol. The summed E-state index contributed by atoms with van der Waals surface area (Å²) in [6.45, 7) is 2.29. The summed E-state index contributed by atoms with van der Waals surface area (Å²) >= 11 is 11.9. The van der Waals surface area contributed by atoms with Crippen molar-refractivity contribution in [3.63, 3.8) is 0 Å². The highest BCUT2D eigenvalue weighted by Gasteiger charge is 2.21. The lowest BCUT2D eigenvalue weighted by Crippen LogP contribution is -2.42. The first-order valence-electron chi connectivity index (χ1n) is 6.24. The van der Waals surface area contributed by atoms with Crippen molar-refractivity contribution in [2.45, 2.75) is 24.8 Å². The third-order valence-corrected chi connectivity index (χ3v) is 4.22. The fraction of sp³-hybridized carbons (Fsp3) is 0.615. The SMILES string of the molecule is CN1CCC(N(C)c2ccc(Cl)c(CCl)n2)CC1. The van der Waals surface area contributed by atoms with Gasteiger partial charge in [0.1, 0.15) is 5.82 Å². The van der Waals surface area contributed by atoms with Gasteiger partial charge in [-0.05, 0) is 45.1 Å². The lowest BCUT2D eigenvalue weighted by atomic mass is 10.0. The summed E-state index contributed by atoms with van der Waals surface area (Å²) in [5.74, 6) is 1.32. The first kappa shape index (κ1) is 13.9. The van der Waals surface area contributed by atoms with Crippen molar-refractivity contribution >= 4 is 29.0 Å². The number of anilines is 1. The van der Waals surface area contributed by atoms with Crippen LogP contribution in [-0.2, 0) is 5.88 Å². The molecule has 18 heavy (non-hydrogen) atoms. The van der Waals surface area contributed by atoms with Crippen LogP contribution >= 0.6 is 23.2 Å². The highest BCUT2D eigenvalue weighted by Crippen LogP contribution is 2.24. The molecule has 100 valence electrons. The van der Waals surface area contributed by atoms with Crippen molar-refractivity contribution in [2.75, 3.05) is 32.1 Å². The third kappa shape index (κ3) is 3.08. The molecule has 1 aliphatic heterocycles. The molecule has 1 fully saturated rings. The van der Waals surface area contributed by atoms with Crippen LogP contribution in [0.5, 0.6) is 0 Å². The first-order valence-corrected chi connectivity index (χ1v) is 7.16. The lowest BCUT2D eigenvalue weighted by Gasteiger charge is -2.35. The molecule has 5 heteroatoms. The molecule has 0 spiro atoms. The van der Waals surface area contributed by atoms with Crippen LogP contribution in [0.3, 0.4) is 0 Å². The molecule has 0 amide bonds. The molecule has 1 saturated heterocycles. The summed E-state index contributed by atoms with van der Waals surface area (Å²) in [5, 5.41) is 0.644. The molecule has 0 atom stereocenters. The molecule has 1 aromatic rings. The number of aromatic nitrogens is 1. The number of rotatable bonds is 3. The van der Waals surface area contributed by atoms with Crippen LogP contribution in [0, 0.1) is 0 Å². The normalized spacial score (nSPS) is 18.0. The second kappa shape index (κ2) is 6.09. The van der Waals surface area contributed by atoms with Crippen molar-refractivity contribution < 1.29 is 0 Å². The summed E-state index contributed by atoms with van der Waals surface area (Å²) < 4.78 is 0. The van der Waals surface area contributed by atoms with Crippen molar-refractivity contribution in [1.29, 1.82) is 0 Å². The van der Waals surface area contributed by atoms with Crippen molar-refractivity contribution in [3.05, 3.63) is 22.8 Å². The Hall–Kier alpha value is -0.510. The highest BCUT2D eigenvalue weighted by molar-refractivity contribution is 6.32. The van der Waals surface area contributed by atoms with Crippen LogP contribution in [0.25, 0.3) is 0 Å². The summed E-state index contributed by atoms with van der Waals surface area (Å²) in [6.07, 6.45) is 2.35. The fourth-order valence-corrected chi connectivity index (χ4v) is 2.78. The predicted octanol–water partition coefficient (Wildman–Crippen LogP) is 3.00. The quantitative estimate of drug-likeness (QED) is 0.797. The number of halogens is 2. The number of likely N-dealkylation sites (tertiary alicyclic amines) is 1. The summed E-state index contributed by atoms with van der Waals surface area (Å²) in [6, 6.07) is 4.40. The second-order valence-electron chi connectivity index (χ2n) is 4.88. The summed E-state index contributed by atoms with van der Waals surface area (Å²) in [4.78, 5) is 9.15. The monoisotopic (exact) mass is 287 g/mol. The van der Waals surface area contributed by atoms with Crippen molar-refractivity contribution in [2.24, 2.45) is 0 Å². The van der Waals surface area contributed by atoms with Gasteiger partial charge in [0.25, 0.3) is 0 Å². The minimum absolute atomic E-state index is 0.355. The molecule has 0 radical (unpaired) electrons. The lowest BCUT2D eigenvalue weighted by molar-refractivity contribution is 0.252. The van der Waals surface area contributed by atoms with E-state index in [4.69, 9.17) is 23.2 Å². The molecule has 0 unspecified atom stereocenters. The number of alkyl halides is 1. The van der Waals surface area contributed by atoms with E-state index in [2.05, 4.69) is 28.9 Å². The van der Waals surface area contributed by atoms with Gasteiger partial charge in [0.05, 0.1) is 16.6 Å². The number of hydrogen-bond acceptors (Lipinski definition) is 3. The van der Waals surface area contributed by atoms with E-state index in [1.165, 1.54) is 12.8 Å². The zero-order valence-electron chi connectivity index (χ0n) is 10.9. The molecular weight excluding hydrogens is 269 g/mol. The Morgan fingerprint density at radius 1 is 1.39 bits per heavy atom. The van der Waals surface area contributed by atoms with Gasteiger partial charge in [0.2, 0.25) is 0 Å². The highest BCUT2D eigenvalue weighted by atomic mass is 35.5. The molecule has 0 N–H and O–H groups in total. The van der Waals surface area contributed by atoms with Gasteiger partial charge in [-0.1, -0.05) is 11.6 Å². The Morgan fingerprint density at radius 3 is 2.67 bits per heavy atom. The molecule has 0 bridgehead atoms. The largest absolute Gasteiger partial charge is 0.357 e. The Morgan fingerprint density at radius 2 is 2.06 bits per heavy atom. The first-order chi connectivity index (χ1) is 8.61. The average Bonchev–Trinajstić information content (AvgIpc) is 2.39. The number of hydrogen-bond donors (Lipinski definition) is 0. The van der Waals surface area contributed by atoms with E-state index >= 15 is 0 Å². The van der Waals surface area contributed by atoms with Gasteiger partial charge >= 0.3 is 0 Å². The number of pyridine rings is 1. The standard InChI is InChI=1S/C13H19Cl2N3/c1-17-7-5-10(6-8-17)18(2)13-4-3-11(15)12(9-14)16-13/h3-4,10H,5-9H2,1-2H3. The Bertz CT molecular complexity index is 403. The van der Waals surface area contributed by atoms with Crippen molar-refractivity contribution in [3.8, 4) is 0 Å². The van der Waals surface area contributed by atoms with Gasteiger partial charge in [0.15, 0.2) is 0 Å². The summed E-state index contributed by atoms with van der Waals surface area (Å²) in [7, 11) is 4.27. The maximum Gasteiger partial charge on any atom is 0.128 e. The van der Waals surface area contributed by atoms with Gasteiger partial charge in [-0.25, -0.2) is 4.98 Å². The van der Waals surface area contributed by atoms with Gasteiger partial charge in [-0.2, -0.15) is 0 Å². The molecule has 0 aliphatic carbocycles. The van der Waals surface area contributed by atoms with Crippen LogP contribution in [0.4, 0.5) is 5.82 Å². The Kier molecular flexibility index (Phi) is 4.71. The molecule has 1 aliphatic rings. The molecule has 2 heterocycles. The summed E-state index contributed by atoms with van der Waals surface area (Å²) in [5.41, 5.74) is 0.760. The van der Waals surface area contributed by atoms with E-state index in [0.717, 1.165) is 24.6 Å². The van der Waals surface area contributed by atoms with Crippen LogP contribution in [0.15, 0.2) is 12.1 Å². The van der Waals surface area contributed by atoms with Gasteiger partial charge < -0.3 is 9.80 Å². The van der Waals surface area contributed by atoms with E-state index in [1.54, 1.807) is 0 Å². The zero-order chi connectivity index (χ0) is 13.1. The topological polar surface area (TPSA) is 19.4 Å². The minimum atomic E-state index is 0.355. The van der Waals surface area contributed by atoms with Gasteiger partial charge in [0, 0.05) is 13.1 Å².